The van der Waals surface area contributed by atoms with Gasteiger partial charge in [0.05, 0.1) is 11.7 Å². The summed E-state index contributed by atoms with van der Waals surface area (Å²) in [5.74, 6) is -0.216. The number of hydrogen-bond donors (Lipinski definition) is 3. The van der Waals surface area contributed by atoms with Crippen LogP contribution in [0.15, 0.2) is 85.1 Å². The molecule has 0 aliphatic rings. The van der Waals surface area contributed by atoms with E-state index in [9.17, 15) is 14.7 Å². The zero-order valence-electron chi connectivity index (χ0n) is 20.8. The molecule has 0 aliphatic carbocycles. The van der Waals surface area contributed by atoms with E-state index in [-0.39, 0.29) is 18.4 Å². The molecule has 0 fully saturated rings. The SMILES string of the molecule is CC(C)CC(NC(=O)OCc1ccccc1)C(=O)N[C@@H](CCc1ccccc1)[C@H](O)c1ccccn1. The van der Waals surface area contributed by atoms with E-state index < -0.39 is 24.3 Å². The van der Waals surface area contributed by atoms with Gasteiger partial charge in [0, 0.05) is 6.20 Å². The van der Waals surface area contributed by atoms with E-state index in [1.807, 2.05) is 74.5 Å². The van der Waals surface area contributed by atoms with Crippen molar-refractivity contribution in [3.05, 3.63) is 102 Å². The van der Waals surface area contributed by atoms with E-state index in [0.29, 0.717) is 25.0 Å². The summed E-state index contributed by atoms with van der Waals surface area (Å²) < 4.78 is 5.33. The summed E-state index contributed by atoms with van der Waals surface area (Å²) in [6, 6.07) is 23.2. The minimum absolute atomic E-state index is 0.112. The van der Waals surface area contributed by atoms with Crippen LogP contribution in [0.1, 0.15) is 49.6 Å². The molecule has 0 radical (unpaired) electrons. The van der Waals surface area contributed by atoms with Crippen molar-refractivity contribution in [3.63, 3.8) is 0 Å². The summed E-state index contributed by atoms with van der Waals surface area (Å²) in [5, 5.41) is 16.8. The van der Waals surface area contributed by atoms with E-state index in [4.69, 9.17) is 4.74 Å². The predicted molar refractivity (Wildman–Crippen MR) is 139 cm³/mol. The summed E-state index contributed by atoms with van der Waals surface area (Å²) in [4.78, 5) is 30.1. The molecule has 3 N–H and O–H groups in total. The van der Waals surface area contributed by atoms with Crippen LogP contribution in [-0.4, -0.2) is 34.2 Å². The Morgan fingerprint density at radius 3 is 2.14 bits per heavy atom. The minimum Gasteiger partial charge on any atom is -0.445 e. The fourth-order valence-corrected chi connectivity index (χ4v) is 3.93. The second kappa shape index (κ2) is 14.0. The maximum atomic E-state index is 13.3. The van der Waals surface area contributed by atoms with Crippen molar-refractivity contribution in [1.29, 1.82) is 0 Å². The Kier molecular flexibility index (Phi) is 10.5. The molecule has 7 nitrogen and oxygen atoms in total. The van der Waals surface area contributed by atoms with Crippen molar-refractivity contribution in [2.75, 3.05) is 0 Å². The van der Waals surface area contributed by atoms with E-state index in [1.54, 1.807) is 24.4 Å². The Morgan fingerprint density at radius 1 is 0.889 bits per heavy atom. The molecule has 0 spiro atoms. The van der Waals surface area contributed by atoms with Gasteiger partial charge in [-0.05, 0) is 48.4 Å². The fraction of sp³-hybridized carbons (Fsp3) is 0.345. The highest BCUT2D eigenvalue weighted by atomic mass is 16.5. The third kappa shape index (κ3) is 8.82. The topological polar surface area (TPSA) is 101 Å². The van der Waals surface area contributed by atoms with Gasteiger partial charge in [0.15, 0.2) is 0 Å². The summed E-state index contributed by atoms with van der Waals surface area (Å²) >= 11 is 0. The molecule has 190 valence electrons. The second-order valence-corrected chi connectivity index (χ2v) is 9.23. The molecular weight excluding hydrogens is 454 g/mol. The lowest BCUT2D eigenvalue weighted by molar-refractivity contribution is -0.125. The van der Waals surface area contributed by atoms with E-state index >= 15 is 0 Å². The van der Waals surface area contributed by atoms with Crippen molar-refractivity contribution >= 4 is 12.0 Å². The monoisotopic (exact) mass is 489 g/mol. The molecule has 2 aromatic carbocycles. The van der Waals surface area contributed by atoms with Gasteiger partial charge in [0.1, 0.15) is 18.8 Å². The number of benzene rings is 2. The second-order valence-electron chi connectivity index (χ2n) is 9.23. The van der Waals surface area contributed by atoms with Gasteiger partial charge >= 0.3 is 6.09 Å². The van der Waals surface area contributed by atoms with Gasteiger partial charge in [0.25, 0.3) is 0 Å². The Hall–Kier alpha value is -3.71. The molecule has 1 aromatic heterocycles. The zero-order valence-corrected chi connectivity index (χ0v) is 20.8. The number of alkyl carbamates (subject to hydrolysis) is 1. The van der Waals surface area contributed by atoms with Crippen LogP contribution < -0.4 is 10.6 Å². The van der Waals surface area contributed by atoms with Gasteiger partial charge in [-0.2, -0.15) is 0 Å². The normalized spacial score (nSPS) is 13.4. The van der Waals surface area contributed by atoms with Crippen LogP contribution in [0.4, 0.5) is 4.79 Å². The lowest BCUT2D eigenvalue weighted by Gasteiger charge is -2.27. The standard InChI is InChI=1S/C29H35N3O4/c1-21(2)19-26(32-29(35)36-20-23-13-7-4-8-14-23)28(34)31-25(17-16-22-11-5-3-6-12-22)27(33)24-15-9-10-18-30-24/h3-15,18,21,25-27,33H,16-17,19-20H2,1-2H3,(H,31,34)(H,32,35)/t25-,26?,27+/m0/s1. The van der Waals surface area contributed by atoms with E-state index in [0.717, 1.165) is 11.1 Å². The predicted octanol–water partition coefficient (Wildman–Crippen LogP) is 4.57. The highest BCUT2D eigenvalue weighted by Gasteiger charge is 2.29. The number of aliphatic hydroxyl groups is 1. The Morgan fingerprint density at radius 2 is 1.53 bits per heavy atom. The maximum Gasteiger partial charge on any atom is 0.408 e. The van der Waals surface area contributed by atoms with Gasteiger partial charge < -0.3 is 20.5 Å². The number of ether oxygens (including phenoxy) is 1. The van der Waals surface area contributed by atoms with Crippen LogP contribution in [0, 0.1) is 5.92 Å². The largest absolute Gasteiger partial charge is 0.445 e. The number of carbonyl (C=O) groups is 2. The number of carbonyl (C=O) groups excluding carboxylic acids is 2. The molecule has 0 bridgehead atoms. The lowest BCUT2D eigenvalue weighted by atomic mass is 9.97. The molecule has 3 aromatic rings. The molecule has 7 heteroatoms. The highest BCUT2D eigenvalue weighted by molar-refractivity contribution is 5.85. The van der Waals surface area contributed by atoms with Crippen molar-refractivity contribution in [1.82, 2.24) is 15.6 Å². The molecule has 3 atom stereocenters. The number of amides is 2. The first kappa shape index (κ1) is 26.9. The number of pyridine rings is 1. The number of nitrogens with zero attached hydrogens (tertiary/aromatic N) is 1. The van der Waals surface area contributed by atoms with Crippen LogP contribution in [0.25, 0.3) is 0 Å². The third-order valence-electron chi connectivity index (χ3n) is 5.81. The van der Waals surface area contributed by atoms with Crippen molar-refractivity contribution in [3.8, 4) is 0 Å². The third-order valence-corrected chi connectivity index (χ3v) is 5.81. The number of hydrogen-bond acceptors (Lipinski definition) is 5. The zero-order chi connectivity index (χ0) is 25.8. The molecular formula is C29H35N3O4. The number of aryl methyl sites for hydroxylation is 1. The summed E-state index contributed by atoms with van der Waals surface area (Å²) in [6.07, 6.45) is 1.55. The lowest BCUT2D eigenvalue weighted by Crippen LogP contribution is -2.51. The van der Waals surface area contributed by atoms with Crippen molar-refractivity contribution < 1.29 is 19.4 Å². The molecule has 36 heavy (non-hydrogen) atoms. The Bertz CT molecular complexity index is 1060. The first-order valence-electron chi connectivity index (χ1n) is 12.3. The number of aliphatic hydroxyl groups excluding tert-OH is 1. The van der Waals surface area contributed by atoms with Crippen LogP contribution in [0.2, 0.25) is 0 Å². The van der Waals surface area contributed by atoms with Gasteiger partial charge in [-0.1, -0.05) is 80.6 Å². The first-order chi connectivity index (χ1) is 17.4. The molecule has 2 amide bonds. The first-order valence-corrected chi connectivity index (χ1v) is 12.3. The minimum atomic E-state index is -0.997. The molecule has 0 saturated heterocycles. The number of rotatable bonds is 12. The van der Waals surface area contributed by atoms with Crippen LogP contribution >= 0.6 is 0 Å². The maximum absolute atomic E-state index is 13.3. The van der Waals surface area contributed by atoms with Crippen LogP contribution in [0.5, 0.6) is 0 Å². The quantitative estimate of drug-likeness (QED) is 0.346. The van der Waals surface area contributed by atoms with Gasteiger partial charge in [-0.25, -0.2) is 4.79 Å². The van der Waals surface area contributed by atoms with Crippen molar-refractivity contribution in [2.45, 2.75) is 57.9 Å². The molecule has 0 aliphatic heterocycles. The molecule has 0 saturated carbocycles. The molecule has 1 heterocycles. The summed E-state index contributed by atoms with van der Waals surface area (Å²) in [5.41, 5.74) is 2.44. The summed E-state index contributed by atoms with van der Waals surface area (Å²) in [6.45, 7) is 4.07. The Balaban J connectivity index is 1.68. The fourth-order valence-electron chi connectivity index (χ4n) is 3.93. The van der Waals surface area contributed by atoms with Gasteiger partial charge in [-0.3, -0.25) is 9.78 Å². The smallest absolute Gasteiger partial charge is 0.408 e. The van der Waals surface area contributed by atoms with E-state index in [2.05, 4.69) is 15.6 Å². The summed E-state index contributed by atoms with van der Waals surface area (Å²) in [7, 11) is 0. The average molecular weight is 490 g/mol. The van der Waals surface area contributed by atoms with Gasteiger partial charge in [-0.15, -0.1) is 0 Å². The van der Waals surface area contributed by atoms with Gasteiger partial charge in [0.2, 0.25) is 5.91 Å². The van der Waals surface area contributed by atoms with Crippen LogP contribution in [-0.2, 0) is 22.6 Å². The molecule has 1 unspecified atom stereocenters. The number of aromatic nitrogens is 1. The van der Waals surface area contributed by atoms with Crippen molar-refractivity contribution in [2.24, 2.45) is 5.92 Å². The Labute approximate surface area is 212 Å². The average Bonchev–Trinajstić information content (AvgIpc) is 2.90. The van der Waals surface area contributed by atoms with Crippen LogP contribution in [0.3, 0.4) is 0 Å². The molecule has 3 rings (SSSR count). The van der Waals surface area contributed by atoms with E-state index in [1.165, 1.54) is 0 Å². The number of nitrogens with one attached hydrogen (secondary N) is 2. The highest BCUT2D eigenvalue weighted by Crippen LogP contribution is 2.19.